The van der Waals surface area contributed by atoms with Crippen LogP contribution in [0.5, 0.6) is 0 Å². The third kappa shape index (κ3) is 3.89. The molecule has 1 N–H and O–H groups in total. The first-order chi connectivity index (χ1) is 9.15. The number of benzene rings is 1. The van der Waals surface area contributed by atoms with Gasteiger partial charge in [-0.25, -0.2) is 4.39 Å². The van der Waals surface area contributed by atoms with E-state index in [2.05, 4.69) is 10.3 Å². The number of hydrogen-bond acceptors (Lipinski definition) is 2. The molecule has 0 aliphatic rings. The van der Waals surface area contributed by atoms with Crippen molar-refractivity contribution in [1.82, 2.24) is 4.98 Å². The second kappa shape index (κ2) is 6.11. The van der Waals surface area contributed by atoms with Crippen LogP contribution in [-0.4, -0.2) is 10.9 Å². The molecule has 0 aliphatic carbocycles. The summed E-state index contributed by atoms with van der Waals surface area (Å²) in [5.74, 6) is -1.01. The average Bonchev–Trinajstić information content (AvgIpc) is 2.41. The van der Waals surface area contributed by atoms with Gasteiger partial charge in [-0.05, 0) is 36.4 Å². The highest BCUT2D eigenvalue weighted by molar-refractivity contribution is 6.30. The first-order valence-electron chi connectivity index (χ1n) is 5.50. The standard InChI is InChI=1S/C14H10ClFN2O/c15-10-4-6-13(12(16)9-10)18-14(19)7-5-11-3-1-2-8-17-11/h1-9H,(H,18,19)/b7-5+. The van der Waals surface area contributed by atoms with Crippen LogP contribution >= 0.6 is 11.6 Å². The van der Waals surface area contributed by atoms with Crippen LogP contribution < -0.4 is 5.32 Å². The van der Waals surface area contributed by atoms with Crippen molar-refractivity contribution in [2.45, 2.75) is 0 Å². The summed E-state index contributed by atoms with van der Waals surface area (Å²) in [6.45, 7) is 0. The van der Waals surface area contributed by atoms with Crippen molar-refractivity contribution in [2.75, 3.05) is 5.32 Å². The van der Waals surface area contributed by atoms with Crippen LogP contribution in [0.15, 0.2) is 48.7 Å². The van der Waals surface area contributed by atoms with E-state index in [1.807, 2.05) is 6.07 Å². The Hall–Kier alpha value is -2.20. The number of nitrogens with one attached hydrogen (secondary N) is 1. The lowest BCUT2D eigenvalue weighted by Crippen LogP contribution is -2.09. The van der Waals surface area contributed by atoms with Gasteiger partial charge in [-0.15, -0.1) is 0 Å². The number of rotatable bonds is 3. The first kappa shape index (κ1) is 13.2. The predicted molar refractivity (Wildman–Crippen MR) is 73.3 cm³/mol. The van der Waals surface area contributed by atoms with Crippen molar-refractivity contribution in [2.24, 2.45) is 0 Å². The number of pyridine rings is 1. The number of aromatic nitrogens is 1. The summed E-state index contributed by atoms with van der Waals surface area (Å²) in [7, 11) is 0. The van der Waals surface area contributed by atoms with Gasteiger partial charge in [0.25, 0.3) is 0 Å². The molecule has 96 valence electrons. The normalized spacial score (nSPS) is 10.6. The minimum absolute atomic E-state index is 0.0834. The van der Waals surface area contributed by atoms with Crippen molar-refractivity contribution in [1.29, 1.82) is 0 Å². The van der Waals surface area contributed by atoms with Gasteiger partial charge in [0.15, 0.2) is 0 Å². The summed E-state index contributed by atoms with van der Waals surface area (Å²) >= 11 is 5.62. The Kier molecular flexibility index (Phi) is 4.26. The Balaban J connectivity index is 2.04. The lowest BCUT2D eigenvalue weighted by Gasteiger charge is -2.03. The molecule has 1 aromatic heterocycles. The number of halogens is 2. The molecule has 0 bridgehead atoms. The van der Waals surface area contributed by atoms with E-state index < -0.39 is 11.7 Å². The third-order valence-corrected chi connectivity index (χ3v) is 2.52. The van der Waals surface area contributed by atoms with Gasteiger partial charge in [0.05, 0.1) is 11.4 Å². The maximum Gasteiger partial charge on any atom is 0.248 e. The maximum absolute atomic E-state index is 13.4. The topological polar surface area (TPSA) is 42.0 Å². The average molecular weight is 277 g/mol. The fraction of sp³-hybridized carbons (Fsp3) is 0. The largest absolute Gasteiger partial charge is 0.320 e. The van der Waals surface area contributed by atoms with Gasteiger partial charge < -0.3 is 5.32 Å². The highest BCUT2D eigenvalue weighted by Crippen LogP contribution is 2.18. The Morgan fingerprint density at radius 3 is 2.84 bits per heavy atom. The molecule has 19 heavy (non-hydrogen) atoms. The van der Waals surface area contributed by atoms with Crippen molar-refractivity contribution in [3.63, 3.8) is 0 Å². The molecule has 0 atom stereocenters. The lowest BCUT2D eigenvalue weighted by molar-refractivity contribution is -0.111. The number of hydrogen-bond donors (Lipinski definition) is 1. The van der Waals surface area contributed by atoms with E-state index in [4.69, 9.17) is 11.6 Å². The van der Waals surface area contributed by atoms with Crippen LogP contribution in [0.2, 0.25) is 5.02 Å². The summed E-state index contributed by atoms with van der Waals surface area (Å²) in [6.07, 6.45) is 4.45. The zero-order chi connectivity index (χ0) is 13.7. The van der Waals surface area contributed by atoms with Crippen molar-refractivity contribution in [3.8, 4) is 0 Å². The van der Waals surface area contributed by atoms with Crippen LogP contribution in [0.25, 0.3) is 6.08 Å². The van der Waals surface area contributed by atoms with E-state index in [0.717, 1.165) is 6.07 Å². The van der Waals surface area contributed by atoms with Crippen LogP contribution in [0.3, 0.4) is 0 Å². The van der Waals surface area contributed by atoms with Crippen molar-refractivity contribution in [3.05, 3.63) is 65.2 Å². The van der Waals surface area contributed by atoms with E-state index in [0.29, 0.717) is 5.69 Å². The molecule has 2 rings (SSSR count). The monoisotopic (exact) mass is 276 g/mol. The molecule has 0 spiro atoms. The summed E-state index contributed by atoms with van der Waals surface area (Å²) in [5.41, 5.74) is 0.731. The Morgan fingerprint density at radius 1 is 1.32 bits per heavy atom. The fourth-order valence-corrected chi connectivity index (χ4v) is 1.56. The molecule has 0 radical (unpaired) electrons. The molecule has 0 aliphatic heterocycles. The smallest absolute Gasteiger partial charge is 0.248 e. The summed E-state index contributed by atoms with van der Waals surface area (Å²) < 4.78 is 13.4. The third-order valence-electron chi connectivity index (χ3n) is 2.28. The van der Waals surface area contributed by atoms with Crippen LogP contribution in [-0.2, 0) is 4.79 Å². The molecule has 0 fully saturated rings. The van der Waals surface area contributed by atoms with E-state index in [-0.39, 0.29) is 10.7 Å². The van der Waals surface area contributed by atoms with Gasteiger partial charge in [-0.3, -0.25) is 9.78 Å². The van der Waals surface area contributed by atoms with Gasteiger partial charge in [-0.1, -0.05) is 17.7 Å². The Morgan fingerprint density at radius 2 is 2.16 bits per heavy atom. The zero-order valence-corrected chi connectivity index (χ0v) is 10.6. The molecule has 0 unspecified atom stereocenters. The van der Waals surface area contributed by atoms with E-state index in [1.165, 1.54) is 18.2 Å². The quantitative estimate of drug-likeness (QED) is 0.872. The molecular weight excluding hydrogens is 267 g/mol. The highest BCUT2D eigenvalue weighted by atomic mass is 35.5. The number of carbonyl (C=O) groups is 1. The van der Waals surface area contributed by atoms with Crippen LogP contribution in [0, 0.1) is 5.82 Å². The minimum atomic E-state index is -0.577. The van der Waals surface area contributed by atoms with Gasteiger partial charge in [0.1, 0.15) is 5.82 Å². The summed E-state index contributed by atoms with van der Waals surface area (Å²) in [4.78, 5) is 15.6. The molecule has 1 amide bonds. The van der Waals surface area contributed by atoms with E-state index in [1.54, 1.807) is 24.4 Å². The fourth-order valence-electron chi connectivity index (χ4n) is 1.40. The molecule has 3 nitrogen and oxygen atoms in total. The zero-order valence-electron chi connectivity index (χ0n) is 9.81. The maximum atomic E-state index is 13.4. The molecular formula is C14H10ClFN2O. The van der Waals surface area contributed by atoms with Crippen LogP contribution in [0.4, 0.5) is 10.1 Å². The second-order valence-corrected chi connectivity index (χ2v) is 4.14. The summed E-state index contributed by atoms with van der Waals surface area (Å²) in [6, 6.07) is 9.39. The first-order valence-corrected chi connectivity index (χ1v) is 5.88. The molecule has 2 aromatic rings. The molecule has 1 aromatic carbocycles. The molecule has 1 heterocycles. The number of nitrogens with zero attached hydrogens (tertiary/aromatic N) is 1. The Labute approximate surface area is 114 Å². The predicted octanol–water partition coefficient (Wildman–Crippen LogP) is 3.53. The van der Waals surface area contributed by atoms with Crippen molar-refractivity contribution >= 4 is 29.3 Å². The lowest BCUT2D eigenvalue weighted by atomic mass is 10.3. The minimum Gasteiger partial charge on any atom is -0.320 e. The van der Waals surface area contributed by atoms with Gasteiger partial charge >= 0.3 is 0 Å². The van der Waals surface area contributed by atoms with E-state index in [9.17, 15) is 9.18 Å². The Bertz CT molecular complexity index is 614. The molecule has 5 heteroatoms. The van der Waals surface area contributed by atoms with Gasteiger partial charge in [0, 0.05) is 17.3 Å². The summed E-state index contributed by atoms with van der Waals surface area (Å²) in [5, 5.41) is 2.70. The SMILES string of the molecule is O=C(/C=C/c1ccccn1)Nc1ccc(Cl)cc1F. The van der Waals surface area contributed by atoms with E-state index >= 15 is 0 Å². The van der Waals surface area contributed by atoms with Crippen molar-refractivity contribution < 1.29 is 9.18 Å². The number of anilines is 1. The molecule has 0 saturated carbocycles. The highest BCUT2D eigenvalue weighted by Gasteiger charge is 2.04. The van der Waals surface area contributed by atoms with Crippen LogP contribution in [0.1, 0.15) is 5.69 Å². The number of carbonyl (C=O) groups excluding carboxylic acids is 1. The van der Waals surface area contributed by atoms with Gasteiger partial charge in [-0.2, -0.15) is 0 Å². The molecule has 0 saturated heterocycles. The number of amides is 1. The van der Waals surface area contributed by atoms with Gasteiger partial charge in [0.2, 0.25) is 5.91 Å². The second-order valence-electron chi connectivity index (χ2n) is 3.70.